The smallest absolute Gasteiger partial charge is 0.387 e. The highest BCUT2D eigenvalue weighted by atomic mass is 32.1. The van der Waals surface area contributed by atoms with Gasteiger partial charge in [-0.25, -0.2) is 0 Å². The molecular weight excluding hydrogens is 306 g/mol. The van der Waals surface area contributed by atoms with Crippen LogP contribution < -0.4 is 15.4 Å². The van der Waals surface area contributed by atoms with E-state index in [1.807, 2.05) is 37.3 Å². The van der Waals surface area contributed by atoms with Gasteiger partial charge in [-0.05, 0) is 36.8 Å². The number of hydrogen-bond donors (Lipinski definition) is 2. The minimum absolute atomic E-state index is 0.00983. The van der Waals surface area contributed by atoms with Crippen LogP contribution in [0.2, 0.25) is 0 Å². The van der Waals surface area contributed by atoms with Crippen molar-refractivity contribution < 1.29 is 13.5 Å². The molecule has 0 unspecified atom stereocenters. The molecule has 0 radical (unpaired) electrons. The average molecular weight is 322 g/mol. The highest BCUT2D eigenvalue weighted by molar-refractivity contribution is 7.80. The number of thiocarbonyl (C=S) groups is 1. The molecule has 1 atom stereocenters. The van der Waals surface area contributed by atoms with E-state index < -0.39 is 6.61 Å². The number of nitrogens with one attached hydrogen (secondary N) is 2. The van der Waals surface area contributed by atoms with E-state index in [2.05, 4.69) is 15.4 Å². The quantitative estimate of drug-likeness (QED) is 0.803. The largest absolute Gasteiger partial charge is 0.433 e. The van der Waals surface area contributed by atoms with Crippen LogP contribution in [0.5, 0.6) is 5.75 Å². The van der Waals surface area contributed by atoms with Crippen LogP contribution in [-0.4, -0.2) is 11.7 Å². The summed E-state index contributed by atoms with van der Waals surface area (Å²) >= 11 is 5.22. The van der Waals surface area contributed by atoms with E-state index in [0.29, 0.717) is 10.8 Å². The summed E-state index contributed by atoms with van der Waals surface area (Å²) in [5.41, 5.74) is 1.46. The lowest BCUT2D eigenvalue weighted by atomic mass is 10.1. The van der Waals surface area contributed by atoms with Crippen LogP contribution in [0.4, 0.5) is 14.5 Å². The first kappa shape index (κ1) is 16.2. The average Bonchev–Trinajstić information content (AvgIpc) is 2.49. The summed E-state index contributed by atoms with van der Waals surface area (Å²) in [6.45, 7) is -0.919. The summed E-state index contributed by atoms with van der Waals surface area (Å²) in [5, 5.41) is 6.32. The standard InChI is InChI=1S/C16H16F2N2OS/c1-11(12-7-3-2-4-8-12)19-16(22)20-13-9-5-6-10-14(13)21-15(17)18/h2-11,15H,1H3,(H2,19,20,22)/t11-/m1/s1. The predicted molar refractivity (Wildman–Crippen MR) is 87.3 cm³/mol. The van der Waals surface area contributed by atoms with Crippen LogP contribution in [0.3, 0.4) is 0 Å². The van der Waals surface area contributed by atoms with Gasteiger partial charge in [0.2, 0.25) is 0 Å². The van der Waals surface area contributed by atoms with Gasteiger partial charge in [0.15, 0.2) is 5.11 Å². The second-order valence-corrected chi connectivity index (χ2v) is 5.01. The lowest BCUT2D eigenvalue weighted by Crippen LogP contribution is -2.31. The fourth-order valence-electron chi connectivity index (χ4n) is 1.95. The minimum atomic E-state index is -2.88. The Hall–Kier alpha value is -2.21. The van der Waals surface area contributed by atoms with Gasteiger partial charge in [-0.15, -0.1) is 0 Å². The Morgan fingerprint density at radius 1 is 1.05 bits per heavy atom. The van der Waals surface area contributed by atoms with Gasteiger partial charge in [-0.3, -0.25) is 0 Å². The second-order valence-electron chi connectivity index (χ2n) is 4.61. The Kier molecular flexibility index (Phi) is 5.66. The fraction of sp³-hybridized carbons (Fsp3) is 0.188. The number of benzene rings is 2. The monoisotopic (exact) mass is 322 g/mol. The summed E-state index contributed by atoms with van der Waals surface area (Å²) in [6, 6.07) is 16.2. The number of ether oxygens (including phenoxy) is 1. The van der Waals surface area contributed by atoms with Gasteiger partial charge < -0.3 is 15.4 Å². The highest BCUT2D eigenvalue weighted by Gasteiger charge is 2.11. The summed E-state index contributed by atoms with van der Waals surface area (Å²) in [5.74, 6) is 0.0500. The van der Waals surface area contributed by atoms with Crippen molar-refractivity contribution in [2.75, 3.05) is 5.32 Å². The molecule has 0 bridgehead atoms. The maximum atomic E-state index is 12.4. The molecule has 2 aromatic rings. The van der Waals surface area contributed by atoms with Gasteiger partial charge >= 0.3 is 6.61 Å². The molecule has 0 fully saturated rings. The van der Waals surface area contributed by atoms with Crippen molar-refractivity contribution in [1.29, 1.82) is 0 Å². The molecule has 2 aromatic carbocycles. The molecule has 0 aromatic heterocycles. The van der Waals surface area contributed by atoms with E-state index in [1.165, 1.54) is 6.07 Å². The first-order valence-corrected chi connectivity index (χ1v) is 7.13. The van der Waals surface area contributed by atoms with E-state index in [-0.39, 0.29) is 11.8 Å². The fourth-order valence-corrected chi connectivity index (χ4v) is 2.24. The van der Waals surface area contributed by atoms with Crippen molar-refractivity contribution in [2.24, 2.45) is 0 Å². The number of para-hydroxylation sites is 2. The van der Waals surface area contributed by atoms with E-state index in [1.54, 1.807) is 18.2 Å². The Bertz CT molecular complexity index is 623. The summed E-state index contributed by atoms with van der Waals surface area (Å²) in [7, 11) is 0. The van der Waals surface area contributed by atoms with Gasteiger partial charge in [-0.1, -0.05) is 42.5 Å². The molecule has 3 nitrogen and oxygen atoms in total. The number of rotatable bonds is 5. The van der Waals surface area contributed by atoms with E-state index in [0.717, 1.165) is 5.56 Å². The number of halogens is 2. The van der Waals surface area contributed by atoms with Crippen molar-refractivity contribution in [3.8, 4) is 5.75 Å². The van der Waals surface area contributed by atoms with Gasteiger partial charge in [0, 0.05) is 0 Å². The van der Waals surface area contributed by atoms with Crippen molar-refractivity contribution in [3.05, 3.63) is 60.2 Å². The molecule has 0 aliphatic carbocycles. The predicted octanol–water partition coefficient (Wildman–Crippen LogP) is 4.34. The highest BCUT2D eigenvalue weighted by Crippen LogP contribution is 2.25. The van der Waals surface area contributed by atoms with Crippen LogP contribution in [0.1, 0.15) is 18.5 Å². The molecule has 0 heterocycles. The zero-order valence-electron chi connectivity index (χ0n) is 11.9. The van der Waals surface area contributed by atoms with Gasteiger partial charge in [0.25, 0.3) is 0 Å². The first-order chi connectivity index (χ1) is 10.6. The molecule has 0 aliphatic rings. The van der Waals surface area contributed by atoms with Crippen molar-refractivity contribution in [1.82, 2.24) is 5.32 Å². The van der Waals surface area contributed by atoms with E-state index in [9.17, 15) is 8.78 Å². The molecule has 2 rings (SSSR count). The molecule has 6 heteroatoms. The van der Waals surface area contributed by atoms with Crippen LogP contribution in [0.15, 0.2) is 54.6 Å². The van der Waals surface area contributed by atoms with Crippen LogP contribution in [0.25, 0.3) is 0 Å². The van der Waals surface area contributed by atoms with E-state index >= 15 is 0 Å². The maximum absolute atomic E-state index is 12.4. The molecule has 0 amide bonds. The molecule has 0 aliphatic heterocycles. The Morgan fingerprint density at radius 3 is 2.36 bits per heavy atom. The number of anilines is 1. The van der Waals surface area contributed by atoms with Crippen molar-refractivity contribution >= 4 is 23.0 Å². The molecule has 22 heavy (non-hydrogen) atoms. The number of alkyl halides is 2. The van der Waals surface area contributed by atoms with Crippen molar-refractivity contribution in [3.63, 3.8) is 0 Å². The van der Waals surface area contributed by atoms with Crippen LogP contribution >= 0.6 is 12.2 Å². The lowest BCUT2D eigenvalue weighted by Gasteiger charge is -2.18. The molecular formula is C16H16F2N2OS. The zero-order chi connectivity index (χ0) is 15.9. The summed E-state index contributed by atoms with van der Waals surface area (Å²) < 4.78 is 29.2. The number of hydrogen-bond acceptors (Lipinski definition) is 2. The van der Waals surface area contributed by atoms with E-state index in [4.69, 9.17) is 12.2 Å². The summed E-state index contributed by atoms with van der Waals surface area (Å²) in [4.78, 5) is 0. The molecule has 0 saturated heterocycles. The first-order valence-electron chi connectivity index (χ1n) is 6.72. The minimum Gasteiger partial charge on any atom is -0.433 e. The SMILES string of the molecule is C[C@@H](NC(=S)Nc1ccccc1OC(F)F)c1ccccc1. The van der Waals surface area contributed by atoms with Crippen LogP contribution in [-0.2, 0) is 0 Å². The second kappa shape index (κ2) is 7.70. The Morgan fingerprint density at radius 2 is 1.68 bits per heavy atom. The third-order valence-electron chi connectivity index (χ3n) is 3.00. The third kappa shape index (κ3) is 4.66. The normalized spacial score (nSPS) is 11.8. The van der Waals surface area contributed by atoms with Gasteiger partial charge in [0.1, 0.15) is 5.75 Å². The molecule has 0 spiro atoms. The van der Waals surface area contributed by atoms with Gasteiger partial charge in [-0.2, -0.15) is 8.78 Å². The topological polar surface area (TPSA) is 33.3 Å². The molecule has 116 valence electrons. The maximum Gasteiger partial charge on any atom is 0.387 e. The molecule has 2 N–H and O–H groups in total. The van der Waals surface area contributed by atoms with Crippen LogP contribution in [0, 0.1) is 0 Å². The van der Waals surface area contributed by atoms with Gasteiger partial charge in [0.05, 0.1) is 11.7 Å². The lowest BCUT2D eigenvalue weighted by molar-refractivity contribution is -0.0493. The van der Waals surface area contributed by atoms with Crippen molar-refractivity contribution in [2.45, 2.75) is 19.6 Å². The Labute approximate surface area is 133 Å². The molecule has 0 saturated carbocycles. The summed E-state index contributed by atoms with van der Waals surface area (Å²) in [6.07, 6.45) is 0. The third-order valence-corrected chi connectivity index (χ3v) is 3.22. The zero-order valence-corrected chi connectivity index (χ0v) is 12.7. The Balaban J connectivity index is 2.00.